The molecule has 0 aliphatic carbocycles. The second kappa shape index (κ2) is 17.9. The maximum absolute atomic E-state index is 13.9. The predicted molar refractivity (Wildman–Crippen MR) is 184 cm³/mol. The Morgan fingerprint density at radius 1 is 0.729 bits per heavy atom. The molecular weight excluding hydrogens is 678 g/mol. The van der Waals surface area contributed by atoms with Gasteiger partial charge in [-0.25, -0.2) is 4.79 Å². The maximum Gasteiger partial charge on any atom is 0.408 e. The topological polar surface area (TPSA) is 136 Å². The molecule has 3 aromatic carbocycles. The maximum atomic E-state index is 13.9. The van der Waals surface area contributed by atoms with E-state index in [1.54, 1.807) is 43.5 Å². The molecule has 0 fully saturated rings. The number of carbonyl (C=O) groups excluding carboxylic acids is 4. The Bertz CT molecular complexity index is 1640. The van der Waals surface area contributed by atoms with Gasteiger partial charge in [-0.15, -0.1) is 0 Å². The number of hydrogen-bond donors (Lipinski definition) is 3. The van der Waals surface area contributed by atoms with Gasteiger partial charge in [-0.1, -0.05) is 90.4 Å². The van der Waals surface area contributed by atoms with Gasteiger partial charge in [0.2, 0.25) is 17.6 Å². The van der Waals surface area contributed by atoms with Crippen LogP contribution in [0.4, 0.5) is 4.79 Å². The molecule has 4 aromatic rings. The molecule has 0 saturated heterocycles. The van der Waals surface area contributed by atoms with Gasteiger partial charge in [-0.3, -0.25) is 14.4 Å². The Labute approximate surface area is 288 Å². The van der Waals surface area contributed by atoms with Crippen molar-refractivity contribution in [2.24, 2.45) is 5.92 Å². The van der Waals surface area contributed by atoms with E-state index in [-0.39, 0.29) is 36.9 Å². The van der Waals surface area contributed by atoms with Crippen molar-refractivity contribution < 1.29 is 33.1 Å². The van der Waals surface area contributed by atoms with Gasteiger partial charge in [0.25, 0.3) is 0 Å². The molecule has 0 saturated carbocycles. The summed E-state index contributed by atoms with van der Waals surface area (Å²) in [7, 11) is 1.56. The molecule has 0 aliphatic rings. The van der Waals surface area contributed by atoms with Crippen LogP contribution in [-0.2, 0) is 33.8 Å². The van der Waals surface area contributed by atoms with Gasteiger partial charge in [0, 0.05) is 22.9 Å². The molecular formula is C37H40BrN3O7. The molecule has 0 unspecified atom stereocenters. The van der Waals surface area contributed by atoms with Crippen molar-refractivity contribution in [1.29, 1.82) is 0 Å². The number of ether oxygens (including phenoxy) is 2. The first kappa shape index (κ1) is 35.9. The first-order valence-electron chi connectivity index (χ1n) is 15.6. The van der Waals surface area contributed by atoms with Crippen LogP contribution in [0.2, 0.25) is 0 Å². The third-order valence-corrected chi connectivity index (χ3v) is 8.32. The molecule has 10 nitrogen and oxygen atoms in total. The van der Waals surface area contributed by atoms with Gasteiger partial charge >= 0.3 is 6.09 Å². The second-order valence-corrected chi connectivity index (χ2v) is 12.6. The van der Waals surface area contributed by atoms with Crippen LogP contribution >= 0.6 is 15.9 Å². The number of benzene rings is 3. The van der Waals surface area contributed by atoms with E-state index in [4.69, 9.17) is 13.9 Å². The SMILES string of the molecule is COc1ccc(C[C@H](NC(=O)[C@H](Cc2ccccc2)NC(=O)OCc2ccccc2Br)C(=O)N[C@@H](CC(C)C)C(=O)c2ccco2)cc1. The standard InChI is InChI=1S/C37H40BrN3O7/c1-24(2)20-30(34(42)33-14-9-19-47-33)39-35(43)31(22-26-15-17-28(46-3)18-16-26)40-36(44)32(21-25-10-5-4-6-11-25)41-37(45)48-23-27-12-7-8-13-29(27)38/h4-19,24,30-32H,20-23H2,1-3H3,(H,39,43)(H,40,44)(H,41,45)/t30-,31-,32-/m0/s1. The van der Waals surface area contributed by atoms with Crippen molar-refractivity contribution in [3.8, 4) is 5.75 Å². The van der Waals surface area contributed by atoms with E-state index in [1.807, 2.05) is 68.4 Å². The molecule has 11 heteroatoms. The number of furan rings is 1. The van der Waals surface area contributed by atoms with Crippen LogP contribution in [0, 0.1) is 5.92 Å². The van der Waals surface area contributed by atoms with Crippen molar-refractivity contribution in [3.05, 3.63) is 124 Å². The summed E-state index contributed by atoms with van der Waals surface area (Å²) < 4.78 is 16.8. The zero-order valence-electron chi connectivity index (χ0n) is 27.1. The normalized spacial score (nSPS) is 12.8. The number of methoxy groups -OCH3 is 1. The number of hydrogen-bond acceptors (Lipinski definition) is 7. The van der Waals surface area contributed by atoms with E-state index < -0.39 is 36.0 Å². The number of alkyl carbamates (subject to hydrolysis) is 1. The molecule has 1 heterocycles. The van der Waals surface area contributed by atoms with Gasteiger partial charge in [0.1, 0.15) is 24.4 Å². The number of nitrogens with one attached hydrogen (secondary N) is 3. The number of rotatable bonds is 16. The van der Waals surface area contributed by atoms with Crippen molar-refractivity contribution >= 4 is 39.6 Å². The van der Waals surface area contributed by atoms with E-state index in [0.29, 0.717) is 12.2 Å². The lowest BCUT2D eigenvalue weighted by Crippen LogP contribution is -2.57. The lowest BCUT2D eigenvalue weighted by atomic mass is 9.97. The lowest BCUT2D eigenvalue weighted by Gasteiger charge is -2.26. The average Bonchev–Trinajstić information content (AvgIpc) is 3.62. The van der Waals surface area contributed by atoms with Gasteiger partial charge < -0.3 is 29.8 Å². The largest absolute Gasteiger partial charge is 0.497 e. The van der Waals surface area contributed by atoms with Crippen molar-refractivity contribution in [3.63, 3.8) is 0 Å². The van der Waals surface area contributed by atoms with E-state index in [9.17, 15) is 19.2 Å². The summed E-state index contributed by atoms with van der Waals surface area (Å²) in [6.45, 7) is 3.87. The number of carbonyl (C=O) groups is 4. The third kappa shape index (κ3) is 10.8. The van der Waals surface area contributed by atoms with Gasteiger partial charge in [-0.2, -0.15) is 0 Å². The summed E-state index contributed by atoms with van der Waals surface area (Å²) >= 11 is 3.44. The minimum absolute atomic E-state index is 0.0175. The predicted octanol–water partition coefficient (Wildman–Crippen LogP) is 6.03. The van der Waals surface area contributed by atoms with Crippen LogP contribution in [0.15, 0.2) is 106 Å². The van der Waals surface area contributed by atoms with E-state index >= 15 is 0 Å². The average molecular weight is 719 g/mol. The highest BCUT2D eigenvalue weighted by Crippen LogP contribution is 2.18. The first-order valence-corrected chi connectivity index (χ1v) is 16.4. The molecule has 3 N–H and O–H groups in total. The lowest BCUT2D eigenvalue weighted by molar-refractivity contribution is -0.130. The molecule has 48 heavy (non-hydrogen) atoms. The minimum Gasteiger partial charge on any atom is -0.497 e. The van der Waals surface area contributed by atoms with Crippen molar-refractivity contribution in [1.82, 2.24) is 16.0 Å². The molecule has 0 aliphatic heterocycles. The van der Waals surface area contributed by atoms with Crippen LogP contribution in [0.25, 0.3) is 0 Å². The van der Waals surface area contributed by atoms with E-state index in [0.717, 1.165) is 21.2 Å². The number of Topliss-reactive ketones (excluding diaryl/α,β-unsaturated/α-hetero) is 1. The molecule has 1 aromatic heterocycles. The van der Waals surface area contributed by atoms with Gasteiger partial charge in [0.15, 0.2) is 5.76 Å². The van der Waals surface area contributed by atoms with Crippen molar-refractivity contribution in [2.45, 2.75) is 57.8 Å². The Kier molecular flexibility index (Phi) is 13.4. The summed E-state index contributed by atoms with van der Waals surface area (Å²) in [5.41, 5.74) is 2.29. The monoisotopic (exact) mass is 717 g/mol. The zero-order valence-corrected chi connectivity index (χ0v) is 28.7. The van der Waals surface area contributed by atoms with Gasteiger partial charge in [-0.05, 0) is 53.8 Å². The number of amides is 3. The molecule has 0 radical (unpaired) electrons. The number of ketones is 1. The summed E-state index contributed by atoms with van der Waals surface area (Å²) in [5, 5.41) is 8.37. The fraction of sp³-hybridized carbons (Fsp3) is 0.297. The van der Waals surface area contributed by atoms with Gasteiger partial charge in [0.05, 0.1) is 19.4 Å². The van der Waals surface area contributed by atoms with Crippen LogP contribution in [0.1, 0.15) is 47.5 Å². The highest BCUT2D eigenvalue weighted by atomic mass is 79.9. The Hall–Kier alpha value is -4.90. The Morgan fingerprint density at radius 3 is 1.94 bits per heavy atom. The molecule has 0 bridgehead atoms. The molecule has 0 spiro atoms. The summed E-state index contributed by atoms with van der Waals surface area (Å²) in [4.78, 5) is 54.1. The highest BCUT2D eigenvalue weighted by Gasteiger charge is 2.31. The number of halogens is 1. The third-order valence-electron chi connectivity index (χ3n) is 7.54. The fourth-order valence-corrected chi connectivity index (χ4v) is 5.45. The molecule has 4 rings (SSSR count). The minimum atomic E-state index is -1.10. The van der Waals surface area contributed by atoms with Crippen LogP contribution in [0.3, 0.4) is 0 Å². The molecule has 3 atom stereocenters. The summed E-state index contributed by atoms with van der Waals surface area (Å²) in [6, 6.07) is 23.7. The first-order chi connectivity index (χ1) is 23.1. The summed E-state index contributed by atoms with van der Waals surface area (Å²) in [5.74, 6) is -0.676. The van der Waals surface area contributed by atoms with Crippen LogP contribution in [0.5, 0.6) is 5.75 Å². The Morgan fingerprint density at radius 2 is 1.33 bits per heavy atom. The zero-order chi connectivity index (χ0) is 34.5. The van der Waals surface area contributed by atoms with Crippen LogP contribution < -0.4 is 20.7 Å². The summed E-state index contributed by atoms with van der Waals surface area (Å²) in [6.07, 6.45) is 1.21. The quantitative estimate of drug-likeness (QED) is 0.121. The van der Waals surface area contributed by atoms with E-state index in [2.05, 4.69) is 31.9 Å². The fourth-order valence-electron chi connectivity index (χ4n) is 5.05. The van der Waals surface area contributed by atoms with Crippen LogP contribution in [-0.4, -0.2) is 48.9 Å². The van der Waals surface area contributed by atoms with E-state index in [1.165, 1.54) is 6.26 Å². The smallest absolute Gasteiger partial charge is 0.408 e. The second-order valence-electron chi connectivity index (χ2n) is 11.7. The molecule has 3 amide bonds. The van der Waals surface area contributed by atoms with Crippen molar-refractivity contribution in [2.75, 3.05) is 7.11 Å². The highest BCUT2D eigenvalue weighted by molar-refractivity contribution is 9.10. The Balaban J connectivity index is 1.56. The molecule has 252 valence electrons.